The van der Waals surface area contributed by atoms with Crippen molar-refractivity contribution in [2.75, 3.05) is 20.2 Å². The highest BCUT2D eigenvalue weighted by Gasteiger charge is 2.27. The number of nitrogens with one attached hydrogen (secondary N) is 1. The smallest absolute Gasteiger partial charge is 0.253 e. The Labute approximate surface area is 182 Å². The van der Waals surface area contributed by atoms with Crippen LogP contribution in [0.15, 0.2) is 78.0 Å². The second-order valence-electron chi connectivity index (χ2n) is 7.50. The van der Waals surface area contributed by atoms with Crippen molar-refractivity contribution >= 4 is 15.9 Å². The summed E-state index contributed by atoms with van der Waals surface area (Å²) >= 11 is 0. The number of piperidine rings is 1. The number of hydrogen-bond donors (Lipinski definition) is 1. The molecule has 0 unspecified atom stereocenters. The van der Waals surface area contributed by atoms with Crippen LogP contribution in [0.2, 0.25) is 0 Å². The minimum absolute atomic E-state index is 0.0319. The van der Waals surface area contributed by atoms with Crippen LogP contribution >= 0.6 is 0 Å². The molecule has 2 heterocycles. The van der Waals surface area contributed by atoms with E-state index < -0.39 is 10.0 Å². The largest absolute Gasteiger partial charge is 0.497 e. The maximum Gasteiger partial charge on any atom is 0.253 e. The summed E-state index contributed by atoms with van der Waals surface area (Å²) in [5.41, 5.74) is 1.63. The van der Waals surface area contributed by atoms with Crippen molar-refractivity contribution in [3.05, 3.63) is 78.6 Å². The molecule has 1 fully saturated rings. The van der Waals surface area contributed by atoms with Crippen molar-refractivity contribution in [1.29, 1.82) is 0 Å². The number of carbonyl (C=O) groups is 1. The summed E-state index contributed by atoms with van der Waals surface area (Å²) in [6.45, 7) is 1.02. The summed E-state index contributed by atoms with van der Waals surface area (Å²) in [5, 5.41) is 0. The maximum absolute atomic E-state index is 12.8. The lowest BCUT2D eigenvalue weighted by atomic mass is 10.0. The van der Waals surface area contributed by atoms with Crippen LogP contribution in [0.25, 0.3) is 5.69 Å². The highest BCUT2D eigenvalue weighted by atomic mass is 32.2. The van der Waals surface area contributed by atoms with Crippen LogP contribution in [0.5, 0.6) is 5.75 Å². The molecule has 0 spiro atoms. The number of hydrogen-bond acceptors (Lipinski definition) is 4. The van der Waals surface area contributed by atoms with Crippen molar-refractivity contribution in [2.45, 2.75) is 23.8 Å². The van der Waals surface area contributed by atoms with Gasteiger partial charge in [-0.2, -0.15) is 0 Å². The topological polar surface area (TPSA) is 80.6 Å². The predicted molar refractivity (Wildman–Crippen MR) is 118 cm³/mol. The zero-order valence-electron chi connectivity index (χ0n) is 17.3. The van der Waals surface area contributed by atoms with Gasteiger partial charge in [-0.1, -0.05) is 0 Å². The molecular formula is C23H25N3O4S. The van der Waals surface area contributed by atoms with Gasteiger partial charge in [-0.25, -0.2) is 13.1 Å². The molecule has 0 aliphatic carbocycles. The van der Waals surface area contributed by atoms with Gasteiger partial charge in [-0.3, -0.25) is 4.79 Å². The van der Waals surface area contributed by atoms with Crippen LogP contribution in [0.1, 0.15) is 23.2 Å². The molecule has 0 bridgehead atoms. The fourth-order valence-electron chi connectivity index (χ4n) is 3.71. The highest BCUT2D eigenvalue weighted by molar-refractivity contribution is 7.89. The second kappa shape index (κ2) is 8.95. The Balaban J connectivity index is 1.34. The van der Waals surface area contributed by atoms with Gasteiger partial charge in [-0.05, 0) is 73.5 Å². The zero-order valence-corrected chi connectivity index (χ0v) is 18.1. The van der Waals surface area contributed by atoms with E-state index in [4.69, 9.17) is 4.74 Å². The van der Waals surface area contributed by atoms with E-state index in [0.29, 0.717) is 37.2 Å². The van der Waals surface area contributed by atoms with Crippen molar-refractivity contribution in [3.8, 4) is 11.4 Å². The first-order chi connectivity index (χ1) is 15.0. The van der Waals surface area contributed by atoms with Crippen LogP contribution in [0.4, 0.5) is 0 Å². The lowest BCUT2D eigenvalue weighted by Crippen LogP contribution is -2.46. The fraction of sp³-hybridized carbons (Fsp3) is 0.261. The first-order valence-corrected chi connectivity index (χ1v) is 11.6. The summed E-state index contributed by atoms with van der Waals surface area (Å²) in [7, 11) is -2.08. The van der Waals surface area contributed by atoms with E-state index in [1.54, 1.807) is 17.0 Å². The molecule has 1 aliphatic rings. The van der Waals surface area contributed by atoms with Gasteiger partial charge in [-0.15, -0.1) is 0 Å². The molecule has 1 aliphatic heterocycles. The normalized spacial score (nSPS) is 15.1. The number of ether oxygens (including phenoxy) is 1. The molecule has 2 aromatic carbocycles. The van der Waals surface area contributed by atoms with Gasteiger partial charge in [0.25, 0.3) is 5.91 Å². The number of benzene rings is 2. The number of rotatable bonds is 6. The lowest BCUT2D eigenvalue weighted by Gasteiger charge is -2.32. The van der Waals surface area contributed by atoms with E-state index in [-0.39, 0.29) is 16.8 Å². The minimum atomic E-state index is -3.61. The number of aromatic nitrogens is 1. The Morgan fingerprint density at radius 1 is 0.968 bits per heavy atom. The van der Waals surface area contributed by atoms with Crippen molar-refractivity contribution in [3.63, 3.8) is 0 Å². The van der Waals surface area contributed by atoms with Crippen LogP contribution < -0.4 is 9.46 Å². The molecular weight excluding hydrogens is 414 g/mol. The van der Waals surface area contributed by atoms with Crippen LogP contribution in [0, 0.1) is 0 Å². The average Bonchev–Trinajstić information content (AvgIpc) is 3.34. The molecule has 0 saturated carbocycles. The molecule has 1 N–H and O–H groups in total. The van der Waals surface area contributed by atoms with Crippen molar-refractivity contribution in [2.24, 2.45) is 0 Å². The molecule has 1 saturated heterocycles. The summed E-state index contributed by atoms with van der Waals surface area (Å²) in [6, 6.07) is 17.5. The second-order valence-corrected chi connectivity index (χ2v) is 9.21. The fourth-order valence-corrected chi connectivity index (χ4v) is 5.01. The number of likely N-dealkylation sites (tertiary alicyclic amines) is 1. The molecule has 0 atom stereocenters. The molecule has 3 aromatic rings. The van der Waals surface area contributed by atoms with Gasteiger partial charge in [0.1, 0.15) is 5.75 Å². The molecule has 162 valence electrons. The van der Waals surface area contributed by atoms with Crippen LogP contribution in [-0.2, 0) is 10.0 Å². The third-order valence-electron chi connectivity index (χ3n) is 5.49. The molecule has 31 heavy (non-hydrogen) atoms. The SMILES string of the molecule is COc1ccc(S(=O)(=O)NC2CCN(C(=O)c3ccc(-n4cccc4)cc3)CC2)cc1. The van der Waals surface area contributed by atoms with E-state index in [1.807, 2.05) is 53.4 Å². The van der Waals surface area contributed by atoms with E-state index >= 15 is 0 Å². The van der Waals surface area contributed by atoms with Crippen molar-refractivity contribution in [1.82, 2.24) is 14.2 Å². The van der Waals surface area contributed by atoms with Gasteiger partial charge in [0, 0.05) is 42.8 Å². The Kier molecular flexibility index (Phi) is 6.11. The molecule has 1 amide bonds. The Hall–Kier alpha value is -3.10. The van der Waals surface area contributed by atoms with Gasteiger partial charge in [0.2, 0.25) is 10.0 Å². The van der Waals surface area contributed by atoms with Crippen LogP contribution in [-0.4, -0.2) is 50.0 Å². The standard InChI is InChI=1S/C23H25N3O4S/c1-30-21-8-10-22(11-9-21)31(28,29)24-19-12-16-26(17-13-19)23(27)18-4-6-20(7-5-18)25-14-2-3-15-25/h2-11,14-15,19,24H,12-13,16-17H2,1H3. The quantitative estimate of drug-likeness (QED) is 0.640. The number of sulfonamides is 1. The number of methoxy groups -OCH3 is 1. The summed E-state index contributed by atoms with van der Waals surface area (Å²) in [6.07, 6.45) is 5.05. The zero-order chi connectivity index (χ0) is 21.8. The van der Waals surface area contributed by atoms with Crippen LogP contribution in [0.3, 0.4) is 0 Å². The summed E-state index contributed by atoms with van der Waals surface area (Å²) in [5.74, 6) is 0.572. The minimum Gasteiger partial charge on any atom is -0.497 e. The number of carbonyl (C=O) groups excluding carboxylic acids is 1. The Morgan fingerprint density at radius 3 is 2.16 bits per heavy atom. The lowest BCUT2D eigenvalue weighted by molar-refractivity contribution is 0.0711. The molecule has 7 nitrogen and oxygen atoms in total. The number of nitrogens with zero attached hydrogens (tertiary/aromatic N) is 2. The van der Waals surface area contributed by atoms with Gasteiger partial charge in [0.15, 0.2) is 0 Å². The van der Waals surface area contributed by atoms with E-state index in [0.717, 1.165) is 5.69 Å². The summed E-state index contributed by atoms with van der Waals surface area (Å²) < 4.78 is 35.1. The van der Waals surface area contributed by atoms with Gasteiger partial charge in [0.05, 0.1) is 12.0 Å². The Bertz CT molecular complexity index is 1120. The van der Waals surface area contributed by atoms with Gasteiger partial charge >= 0.3 is 0 Å². The first-order valence-electron chi connectivity index (χ1n) is 10.2. The average molecular weight is 440 g/mol. The molecule has 8 heteroatoms. The van der Waals surface area contributed by atoms with Gasteiger partial charge < -0.3 is 14.2 Å². The monoisotopic (exact) mass is 439 g/mol. The first kappa shape index (κ1) is 21.1. The van der Waals surface area contributed by atoms with E-state index in [2.05, 4.69) is 4.72 Å². The Morgan fingerprint density at radius 2 is 1.58 bits per heavy atom. The molecule has 4 rings (SSSR count). The number of amides is 1. The third-order valence-corrected chi connectivity index (χ3v) is 7.03. The van der Waals surface area contributed by atoms with Crippen molar-refractivity contribution < 1.29 is 17.9 Å². The predicted octanol–water partition coefficient (Wildman–Crippen LogP) is 3.07. The highest BCUT2D eigenvalue weighted by Crippen LogP contribution is 2.19. The molecule has 0 radical (unpaired) electrons. The maximum atomic E-state index is 12.8. The third kappa shape index (κ3) is 4.81. The molecule has 1 aromatic heterocycles. The van der Waals surface area contributed by atoms with E-state index in [1.165, 1.54) is 19.2 Å². The summed E-state index contributed by atoms with van der Waals surface area (Å²) in [4.78, 5) is 14.8. The van der Waals surface area contributed by atoms with E-state index in [9.17, 15) is 13.2 Å².